The topological polar surface area (TPSA) is 71.1 Å². The highest BCUT2D eigenvalue weighted by Gasteiger charge is 2.16. The number of allylic oxidation sites excluding steroid dienone is 8. The standard InChI is InChI=1S/C42H50O6S2/c1-5-33(6-2)47-41(43)15-11-9-13-29-45-35-21-17-31(18-22-35)37-25-27-39(49-37)40-28-26-38(50-40)32-19-23-36(24-20-32)46-30-14-10-12-16-42(44)48-34(7-3)8-4/h5-8,17,19,21,23,25-28,33-34H,1-4,9-16,18,20,22,24,29-30H2. The Morgan fingerprint density at radius 2 is 0.960 bits per heavy atom. The fraction of sp³-hybridized carbons (Fsp3) is 0.381. The molecular weight excluding hydrogens is 665 g/mol. The molecular formula is C42H50O6S2. The van der Waals surface area contributed by atoms with Crippen molar-refractivity contribution in [2.75, 3.05) is 13.2 Å². The van der Waals surface area contributed by atoms with Gasteiger partial charge in [-0.25, -0.2) is 0 Å². The molecule has 6 nitrogen and oxygen atoms in total. The van der Waals surface area contributed by atoms with Crippen molar-refractivity contribution in [3.63, 3.8) is 0 Å². The van der Waals surface area contributed by atoms with Crippen LogP contribution < -0.4 is 0 Å². The van der Waals surface area contributed by atoms with E-state index in [1.54, 1.807) is 24.3 Å². The highest BCUT2D eigenvalue weighted by Crippen LogP contribution is 2.41. The van der Waals surface area contributed by atoms with Crippen molar-refractivity contribution in [3.05, 3.63) is 120 Å². The molecule has 0 amide bonds. The van der Waals surface area contributed by atoms with E-state index in [2.05, 4.69) is 74.9 Å². The smallest absolute Gasteiger partial charge is 0.306 e. The second-order valence-corrected chi connectivity index (χ2v) is 14.3. The second kappa shape index (κ2) is 21.2. The average molecular weight is 715 g/mol. The monoisotopic (exact) mass is 714 g/mol. The number of hydrogen-bond donors (Lipinski definition) is 0. The first-order valence-electron chi connectivity index (χ1n) is 17.6. The zero-order chi connectivity index (χ0) is 35.6. The number of hydrogen-bond acceptors (Lipinski definition) is 8. The van der Waals surface area contributed by atoms with Gasteiger partial charge < -0.3 is 18.9 Å². The van der Waals surface area contributed by atoms with Gasteiger partial charge in [0.05, 0.1) is 24.7 Å². The number of esters is 2. The molecule has 2 aromatic rings. The highest BCUT2D eigenvalue weighted by molar-refractivity contribution is 7.23. The molecule has 0 fully saturated rings. The van der Waals surface area contributed by atoms with Gasteiger partial charge in [-0.2, -0.15) is 0 Å². The lowest BCUT2D eigenvalue weighted by molar-refractivity contribution is -0.146. The van der Waals surface area contributed by atoms with E-state index in [0.717, 1.165) is 75.7 Å². The zero-order valence-electron chi connectivity index (χ0n) is 29.1. The van der Waals surface area contributed by atoms with Crippen molar-refractivity contribution in [1.29, 1.82) is 0 Å². The van der Waals surface area contributed by atoms with E-state index in [9.17, 15) is 9.59 Å². The summed E-state index contributed by atoms with van der Waals surface area (Å²) in [5.74, 6) is 1.61. The molecule has 0 saturated carbocycles. The third kappa shape index (κ3) is 12.6. The molecule has 50 heavy (non-hydrogen) atoms. The molecule has 0 radical (unpaired) electrons. The molecule has 0 bridgehead atoms. The van der Waals surface area contributed by atoms with Gasteiger partial charge >= 0.3 is 11.9 Å². The summed E-state index contributed by atoms with van der Waals surface area (Å²) in [6, 6.07) is 8.95. The Labute approximate surface area is 305 Å². The summed E-state index contributed by atoms with van der Waals surface area (Å²) in [6.45, 7) is 15.8. The molecule has 0 saturated heterocycles. The number of unbranched alkanes of at least 4 members (excludes halogenated alkanes) is 4. The Hall–Kier alpha value is -4.14. The van der Waals surface area contributed by atoms with E-state index < -0.39 is 12.2 Å². The zero-order valence-corrected chi connectivity index (χ0v) is 30.7. The van der Waals surface area contributed by atoms with Crippen LogP contribution in [0.5, 0.6) is 0 Å². The molecule has 2 heterocycles. The van der Waals surface area contributed by atoms with Gasteiger partial charge in [0.2, 0.25) is 0 Å². The maximum Gasteiger partial charge on any atom is 0.306 e. The van der Waals surface area contributed by atoms with Crippen molar-refractivity contribution in [3.8, 4) is 9.75 Å². The first kappa shape index (κ1) is 38.7. The molecule has 2 aliphatic carbocycles. The Bertz CT molecular complexity index is 1460. The van der Waals surface area contributed by atoms with Crippen LogP contribution in [0.2, 0.25) is 0 Å². The Kier molecular flexibility index (Phi) is 16.4. The molecule has 4 rings (SSSR count). The SMILES string of the molecule is C=CC(C=C)OC(=O)CCCCCOC1=CC=C(c2ccc(-c3ccc(C4=CC=C(OCCCCCC(=O)OC(C=C)C=C)CC4)s3)s2)CC1. The van der Waals surface area contributed by atoms with E-state index in [4.69, 9.17) is 18.9 Å². The highest BCUT2D eigenvalue weighted by atomic mass is 32.1. The minimum Gasteiger partial charge on any atom is -0.498 e. The minimum atomic E-state index is -0.417. The molecule has 2 aromatic heterocycles. The van der Waals surface area contributed by atoms with Gasteiger partial charge in [-0.1, -0.05) is 38.5 Å². The fourth-order valence-electron chi connectivity index (χ4n) is 5.48. The predicted molar refractivity (Wildman–Crippen MR) is 208 cm³/mol. The number of carbonyl (C=O) groups excluding carboxylic acids is 2. The molecule has 2 aliphatic rings. The van der Waals surface area contributed by atoms with Gasteiger partial charge in [0.25, 0.3) is 0 Å². The van der Waals surface area contributed by atoms with E-state index in [-0.39, 0.29) is 11.9 Å². The summed E-state index contributed by atoms with van der Waals surface area (Å²) in [5.41, 5.74) is 2.70. The molecule has 266 valence electrons. The summed E-state index contributed by atoms with van der Waals surface area (Å²) >= 11 is 3.70. The van der Waals surface area contributed by atoms with Crippen molar-refractivity contribution < 1.29 is 28.5 Å². The molecule has 8 heteroatoms. The van der Waals surface area contributed by atoms with Crippen molar-refractivity contribution >= 4 is 45.8 Å². The maximum absolute atomic E-state index is 11.9. The first-order chi connectivity index (χ1) is 24.4. The second-order valence-electron chi connectivity index (χ2n) is 12.1. The number of ether oxygens (including phenoxy) is 4. The Balaban J connectivity index is 1.15. The summed E-state index contributed by atoms with van der Waals surface area (Å²) < 4.78 is 22.5. The summed E-state index contributed by atoms with van der Waals surface area (Å²) in [5, 5.41) is 0. The van der Waals surface area contributed by atoms with Crippen LogP contribution >= 0.6 is 22.7 Å². The van der Waals surface area contributed by atoms with E-state index in [1.807, 2.05) is 22.7 Å². The lowest BCUT2D eigenvalue weighted by Crippen LogP contribution is -2.13. The molecule has 0 aromatic carbocycles. The maximum atomic E-state index is 11.9. The van der Waals surface area contributed by atoms with Gasteiger partial charge in [-0.3, -0.25) is 9.59 Å². The van der Waals surface area contributed by atoms with E-state index in [0.29, 0.717) is 26.1 Å². The summed E-state index contributed by atoms with van der Waals surface area (Å²) in [4.78, 5) is 28.9. The van der Waals surface area contributed by atoms with Crippen LogP contribution in [0.4, 0.5) is 0 Å². The number of thiophene rings is 2. The van der Waals surface area contributed by atoms with Crippen LogP contribution in [0.15, 0.2) is 111 Å². The van der Waals surface area contributed by atoms with Crippen LogP contribution in [-0.2, 0) is 28.5 Å². The summed E-state index contributed by atoms with van der Waals surface area (Å²) in [7, 11) is 0. The van der Waals surface area contributed by atoms with Gasteiger partial charge in [-0.05, 0) is 123 Å². The number of rotatable bonds is 23. The lowest BCUT2D eigenvalue weighted by Gasteiger charge is -2.15. The van der Waals surface area contributed by atoms with Crippen molar-refractivity contribution in [2.24, 2.45) is 0 Å². The quantitative estimate of drug-likeness (QED) is 0.0648. The van der Waals surface area contributed by atoms with Crippen molar-refractivity contribution in [1.82, 2.24) is 0 Å². The molecule has 0 aliphatic heterocycles. The average Bonchev–Trinajstić information content (AvgIpc) is 3.84. The molecule has 0 atom stereocenters. The third-order valence-electron chi connectivity index (χ3n) is 8.40. The predicted octanol–water partition coefficient (Wildman–Crippen LogP) is 11.3. The summed E-state index contributed by atoms with van der Waals surface area (Å²) in [6.07, 6.45) is 23.7. The normalized spacial score (nSPS) is 14.2. The van der Waals surface area contributed by atoms with E-state index in [1.165, 1.54) is 30.7 Å². The van der Waals surface area contributed by atoms with Gasteiger partial charge in [0.15, 0.2) is 0 Å². The Morgan fingerprint density at radius 3 is 1.32 bits per heavy atom. The molecule has 0 N–H and O–H groups in total. The van der Waals surface area contributed by atoms with Crippen LogP contribution in [0, 0.1) is 0 Å². The van der Waals surface area contributed by atoms with Crippen LogP contribution in [0.1, 0.15) is 86.8 Å². The minimum absolute atomic E-state index is 0.218. The molecule has 0 unspecified atom stereocenters. The van der Waals surface area contributed by atoms with Gasteiger partial charge in [0, 0.05) is 45.2 Å². The first-order valence-corrected chi connectivity index (χ1v) is 19.2. The largest absolute Gasteiger partial charge is 0.498 e. The van der Waals surface area contributed by atoms with Gasteiger partial charge in [0.1, 0.15) is 12.2 Å². The van der Waals surface area contributed by atoms with Crippen LogP contribution in [-0.4, -0.2) is 37.4 Å². The third-order valence-corrected chi connectivity index (χ3v) is 10.9. The van der Waals surface area contributed by atoms with Crippen LogP contribution in [0.3, 0.4) is 0 Å². The van der Waals surface area contributed by atoms with Gasteiger partial charge in [-0.15, -0.1) is 22.7 Å². The molecule has 0 spiro atoms. The lowest BCUT2D eigenvalue weighted by atomic mass is 10.0. The Morgan fingerprint density at radius 1 is 0.560 bits per heavy atom. The van der Waals surface area contributed by atoms with Crippen molar-refractivity contribution in [2.45, 2.75) is 89.3 Å². The number of carbonyl (C=O) groups is 2. The fourth-order valence-corrected chi connectivity index (χ4v) is 7.69. The van der Waals surface area contributed by atoms with Crippen LogP contribution in [0.25, 0.3) is 20.9 Å². The van der Waals surface area contributed by atoms with E-state index >= 15 is 0 Å².